The highest BCUT2D eigenvalue weighted by Crippen LogP contribution is 2.41. The molecule has 9 heteroatoms. The maximum absolute atomic E-state index is 6.26. The van der Waals surface area contributed by atoms with Gasteiger partial charge in [0.2, 0.25) is 0 Å². The molecule has 0 amide bonds. The van der Waals surface area contributed by atoms with Gasteiger partial charge in [0.15, 0.2) is 0 Å². The topological polar surface area (TPSA) is 77.3 Å². The van der Waals surface area contributed by atoms with Crippen LogP contribution in [0.3, 0.4) is 0 Å². The molecule has 3 aromatic rings. The number of fused-ring (bicyclic) bond motifs is 1. The number of nitrogens with one attached hydrogen (secondary N) is 1. The third-order valence-corrected chi connectivity index (χ3v) is 8.29. The standard InChI is InChI=1S/C25H36N6O2Si/c1-25(7-8-25)33-19-5-6-22-20(15-19)24(29-31(22)18-32-13-14-34(2,3)4)21-16-23(28-17-27-21)30-11-9-26-10-12-30/h5-6,15-17,26H,7-14,18H2,1-4H3. The normalized spacial score (nSPS) is 17.8. The van der Waals surface area contributed by atoms with Gasteiger partial charge in [-0.3, -0.25) is 0 Å². The Labute approximate surface area is 202 Å². The zero-order chi connectivity index (χ0) is 23.8. The minimum atomic E-state index is -1.14. The molecule has 2 fully saturated rings. The van der Waals surface area contributed by atoms with E-state index in [9.17, 15) is 0 Å². The summed E-state index contributed by atoms with van der Waals surface area (Å²) in [6, 6.07) is 9.43. The molecule has 1 saturated heterocycles. The van der Waals surface area contributed by atoms with Gasteiger partial charge in [0.05, 0.1) is 11.2 Å². The number of anilines is 1. The van der Waals surface area contributed by atoms with Crippen LogP contribution in [-0.4, -0.2) is 66.2 Å². The molecule has 1 aromatic carbocycles. The van der Waals surface area contributed by atoms with Crippen LogP contribution < -0.4 is 15.0 Å². The quantitative estimate of drug-likeness (QED) is 0.364. The minimum Gasteiger partial charge on any atom is -0.488 e. The average Bonchev–Trinajstić information content (AvgIpc) is 3.43. The van der Waals surface area contributed by atoms with Crippen molar-refractivity contribution in [2.24, 2.45) is 0 Å². The van der Waals surface area contributed by atoms with E-state index < -0.39 is 8.07 Å². The summed E-state index contributed by atoms with van der Waals surface area (Å²) in [6.07, 6.45) is 3.84. The van der Waals surface area contributed by atoms with Gasteiger partial charge in [-0.1, -0.05) is 19.6 Å². The lowest BCUT2D eigenvalue weighted by molar-refractivity contribution is 0.0818. The number of piperazine rings is 1. The van der Waals surface area contributed by atoms with Crippen molar-refractivity contribution >= 4 is 24.8 Å². The van der Waals surface area contributed by atoms with E-state index in [0.717, 1.165) is 85.5 Å². The van der Waals surface area contributed by atoms with Gasteiger partial charge >= 0.3 is 0 Å². The Kier molecular flexibility index (Phi) is 6.35. The lowest BCUT2D eigenvalue weighted by atomic mass is 10.1. The first-order valence-electron chi connectivity index (χ1n) is 12.4. The highest BCUT2D eigenvalue weighted by molar-refractivity contribution is 6.76. The van der Waals surface area contributed by atoms with Crippen LogP contribution in [0.15, 0.2) is 30.6 Å². The Morgan fingerprint density at radius 1 is 1.09 bits per heavy atom. The third kappa shape index (κ3) is 5.42. The van der Waals surface area contributed by atoms with Crippen LogP contribution in [0.25, 0.3) is 22.3 Å². The number of aromatic nitrogens is 4. The smallest absolute Gasteiger partial charge is 0.140 e. The molecule has 8 nitrogen and oxygen atoms in total. The zero-order valence-electron chi connectivity index (χ0n) is 20.8. The van der Waals surface area contributed by atoms with Gasteiger partial charge in [-0.05, 0) is 44.0 Å². The van der Waals surface area contributed by atoms with Gasteiger partial charge in [-0.2, -0.15) is 5.10 Å². The molecular formula is C25H36N6O2Si. The number of rotatable bonds is 9. The van der Waals surface area contributed by atoms with Gasteiger partial charge in [0, 0.05) is 52.3 Å². The molecule has 0 unspecified atom stereocenters. The van der Waals surface area contributed by atoms with Crippen molar-refractivity contribution in [2.45, 2.75) is 57.8 Å². The minimum absolute atomic E-state index is 0.0336. The van der Waals surface area contributed by atoms with Crippen molar-refractivity contribution in [3.8, 4) is 17.1 Å². The fourth-order valence-electron chi connectivity index (χ4n) is 4.14. The number of nitrogens with zero attached hydrogens (tertiary/aromatic N) is 5. The van der Waals surface area contributed by atoms with E-state index in [0.29, 0.717) is 6.73 Å². The van der Waals surface area contributed by atoms with E-state index in [-0.39, 0.29) is 5.60 Å². The molecule has 2 aliphatic rings. The van der Waals surface area contributed by atoms with E-state index >= 15 is 0 Å². The van der Waals surface area contributed by atoms with Crippen LogP contribution in [0.4, 0.5) is 5.82 Å². The summed E-state index contributed by atoms with van der Waals surface area (Å²) in [5.74, 6) is 1.82. The van der Waals surface area contributed by atoms with Gasteiger partial charge in [0.1, 0.15) is 35.9 Å². The van der Waals surface area contributed by atoms with E-state index in [1.54, 1.807) is 6.33 Å². The summed E-state index contributed by atoms with van der Waals surface area (Å²) in [7, 11) is -1.14. The van der Waals surface area contributed by atoms with Crippen LogP contribution in [0.2, 0.25) is 25.7 Å². The second-order valence-electron chi connectivity index (χ2n) is 10.9. The van der Waals surface area contributed by atoms with Crippen molar-refractivity contribution in [3.63, 3.8) is 0 Å². The molecule has 3 heterocycles. The first-order chi connectivity index (χ1) is 16.3. The lowest BCUT2D eigenvalue weighted by Gasteiger charge is -2.28. The van der Waals surface area contributed by atoms with Crippen molar-refractivity contribution in [1.29, 1.82) is 0 Å². The summed E-state index contributed by atoms with van der Waals surface area (Å²) in [5.41, 5.74) is 2.66. The van der Waals surface area contributed by atoms with Crippen molar-refractivity contribution in [3.05, 3.63) is 30.6 Å². The zero-order valence-corrected chi connectivity index (χ0v) is 21.8. The Morgan fingerprint density at radius 3 is 2.62 bits per heavy atom. The molecule has 0 radical (unpaired) electrons. The number of ether oxygens (including phenoxy) is 2. The average molecular weight is 481 g/mol. The summed E-state index contributed by atoms with van der Waals surface area (Å²) < 4.78 is 14.3. The Balaban J connectivity index is 1.47. The Bertz CT molecular complexity index is 1150. The van der Waals surface area contributed by atoms with E-state index in [1.165, 1.54) is 0 Å². The van der Waals surface area contributed by atoms with Crippen LogP contribution in [-0.2, 0) is 11.5 Å². The van der Waals surface area contributed by atoms with E-state index in [2.05, 4.69) is 64.9 Å². The molecule has 1 aliphatic carbocycles. The molecule has 1 saturated carbocycles. The number of hydrogen-bond acceptors (Lipinski definition) is 7. The molecule has 0 bridgehead atoms. The van der Waals surface area contributed by atoms with Crippen LogP contribution in [0.5, 0.6) is 5.75 Å². The second-order valence-corrected chi connectivity index (χ2v) is 16.5. The van der Waals surface area contributed by atoms with E-state index in [4.69, 9.17) is 14.6 Å². The summed E-state index contributed by atoms with van der Waals surface area (Å²) in [4.78, 5) is 11.4. The predicted molar refractivity (Wildman–Crippen MR) is 138 cm³/mol. The molecule has 0 spiro atoms. The van der Waals surface area contributed by atoms with Crippen LogP contribution in [0, 0.1) is 0 Å². The monoisotopic (exact) mass is 480 g/mol. The summed E-state index contributed by atoms with van der Waals surface area (Å²) in [6.45, 7) is 14.2. The van der Waals surface area contributed by atoms with Crippen LogP contribution >= 0.6 is 0 Å². The molecule has 1 N–H and O–H groups in total. The molecule has 2 aromatic heterocycles. The third-order valence-electron chi connectivity index (χ3n) is 6.59. The Morgan fingerprint density at radius 2 is 1.88 bits per heavy atom. The molecule has 0 atom stereocenters. The molecule has 5 rings (SSSR count). The van der Waals surface area contributed by atoms with Crippen LogP contribution in [0.1, 0.15) is 19.8 Å². The first-order valence-corrected chi connectivity index (χ1v) is 16.1. The molecule has 1 aliphatic heterocycles. The molecular weight excluding hydrogens is 444 g/mol. The fraction of sp³-hybridized carbons (Fsp3) is 0.560. The summed E-state index contributed by atoms with van der Waals surface area (Å²) >= 11 is 0. The predicted octanol–water partition coefficient (Wildman–Crippen LogP) is 4.15. The highest BCUT2D eigenvalue weighted by Gasteiger charge is 2.40. The lowest BCUT2D eigenvalue weighted by Crippen LogP contribution is -2.43. The van der Waals surface area contributed by atoms with Crippen molar-refractivity contribution < 1.29 is 9.47 Å². The number of benzene rings is 1. The van der Waals surface area contributed by atoms with Gasteiger partial charge < -0.3 is 19.7 Å². The number of hydrogen-bond donors (Lipinski definition) is 1. The fourth-order valence-corrected chi connectivity index (χ4v) is 4.90. The largest absolute Gasteiger partial charge is 0.488 e. The van der Waals surface area contributed by atoms with E-state index in [1.807, 2.05) is 10.7 Å². The Hall–Kier alpha value is -2.49. The second kappa shape index (κ2) is 9.28. The SMILES string of the molecule is CC1(Oc2ccc3c(c2)c(-c2cc(N4CCNCC4)ncn2)nn3COCC[Si](C)(C)C)CC1. The first kappa shape index (κ1) is 23.3. The van der Waals surface area contributed by atoms with Crippen molar-refractivity contribution in [2.75, 3.05) is 37.7 Å². The molecule has 182 valence electrons. The summed E-state index contributed by atoms with van der Waals surface area (Å²) in [5, 5.41) is 9.38. The maximum atomic E-state index is 6.26. The maximum Gasteiger partial charge on any atom is 0.140 e. The van der Waals surface area contributed by atoms with Crippen molar-refractivity contribution in [1.82, 2.24) is 25.1 Å². The molecule has 34 heavy (non-hydrogen) atoms. The van der Waals surface area contributed by atoms with Gasteiger partial charge in [-0.25, -0.2) is 14.6 Å². The van der Waals surface area contributed by atoms with Gasteiger partial charge in [0.25, 0.3) is 0 Å². The highest BCUT2D eigenvalue weighted by atomic mass is 28.3. The van der Waals surface area contributed by atoms with Gasteiger partial charge in [-0.15, -0.1) is 0 Å².